The van der Waals surface area contributed by atoms with E-state index in [2.05, 4.69) is 4.74 Å². The summed E-state index contributed by atoms with van der Waals surface area (Å²) < 4.78 is 9.82. The normalized spacial score (nSPS) is 9.95. The maximum absolute atomic E-state index is 11.0. The standard InChI is InChI=1S/C16H14O5/c1-20-15(17)10-21-14-4-2-3-13(9-14)11-5-7-12(8-6-11)16(18)19/h2-9H,10H2,1H3,(H,18,19). The predicted octanol–water partition coefficient (Wildman–Crippen LogP) is 2.60. The lowest BCUT2D eigenvalue weighted by Crippen LogP contribution is -2.12. The monoisotopic (exact) mass is 286 g/mol. The second-order valence-electron chi connectivity index (χ2n) is 4.28. The number of carbonyl (C=O) groups is 2. The number of carboxylic acid groups (broad SMARTS) is 1. The maximum Gasteiger partial charge on any atom is 0.343 e. The van der Waals surface area contributed by atoms with Crippen LogP contribution < -0.4 is 4.74 Å². The highest BCUT2D eigenvalue weighted by atomic mass is 16.6. The largest absolute Gasteiger partial charge is 0.482 e. The highest BCUT2D eigenvalue weighted by Crippen LogP contribution is 2.24. The van der Waals surface area contributed by atoms with Crippen molar-refractivity contribution >= 4 is 11.9 Å². The molecule has 0 saturated carbocycles. The van der Waals surface area contributed by atoms with Crippen LogP contribution >= 0.6 is 0 Å². The number of ether oxygens (including phenoxy) is 2. The van der Waals surface area contributed by atoms with Gasteiger partial charge in [0, 0.05) is 0 Å². The number of hydrogen-bond acceptors (Lipinski definition) is 4. The second kappa shape index (κ2) is 6.56. The van der Waals surface area contributed by atoms with Crippen LogP contribution in [-0.2, 0) is 9.53 Å². The molecule has 0 heterocycles. The van der Waals surface area contributed by atoms with Gasteiger partial charge in [0.1, 0.15) is 5.75 Å². The summed E-state index contributed by atoms with van der Waals surface area (Å²) in [7, 11) is 1.30. The van der Waals surface area contributed by atoms with Gasteiger partial charge < -0.3 is 14.6 Å². The summed E-state index contributed by atoms with van der Waals surface area (Å²) in [4.78, 5) is 21.9. The van der Waals surface area contributed by atoms with Crippen molar-refractivity contribution in [2.75, 3.05) is 13.7 Å². The molecule has 0 amide bonds. The van der Waals surface area contributed by atoms with Gasteiger partial charge in [-0.3, -0.25) is 0 Å². The zero-order chi connectivity index (χ0) is 15.2. The minimum Gasteiger partial charge on any atom is -0.482 e. The van der Waals surface area contributed by atoms with Crippen LogP contribution in [0, 0.1) is 0 Å². The van der Waals surface area contributed by atoms with Crippen LogP contribution in [0.25, 0.3) is 11.1 Å². The third-order valence-electron chi connectivity index (χ3n) is 2.88. The molecule has 21 heavy (non-hydrogen) atoms. The van der Waals surface area contributed by atoms with Gasteiger partial charge in [-0.2, -0.15) is 0 Å². The van der Waals surface area contributed by atoms with Crippen LogP contribution in [0.4, 0.5) is 0 Å². The lowest BCUT2D eigenvalue weighted by atomic mass is 10.0. The van der Waals surface area contributed by atoms with Crippen molar-refractivity contribution in [3.63, 3.8) is 0 Å². The number of esters is 1. The molecule has 0 atom stereocenters. The first-order valence-electron chi connectivity index (χ1n) is 6.23. The van der Waals surface area contributed by atoms with Crippen LogP contribution in [0.3, 0.4) is 0 Å². The van der Waals surface area contributed by atoms with Gasteiger partial charge in [-0.05, 0) is 35.4 Å². The van der Waals surface area contributed by atoms with Crippen molar-refractivity contribution in [2.24, 2.45) is 0 Å². The molecule has 0 aliphatic carbocycles. The Morgan fingerprint density at radius 1 is 1.05 bits per heavy atom. The van der Waals surface area contributed by atoms with Crippen molar-refractivity contribution in [1.82, 2.24) is 0 Å². The molecular weight excluding hydrogens is 272 g/mol. The van der Waals surface area contributed by atoms with E-state index in [-0.39, 0.29) is 12.2 Å². The van der Waals surface area contributed by atoms with Crippen LogP contribution in [-0.4, -0.2) is 30.8 Å². The van der Waals surface area contributed by atoms with E-state index in [9.17, 15) is 9.59 Å². The van der Waals surface area contributed by atoms with Crippen LogP contribution in [0.15, 0.2) is 48.5 Å². The smallest absolute Gasteiger partial charge is 0.343 e. The first-order chi connectivity index (χ1) is 10.1. The Balaban J connectivity index is 2.16. The fourth-order valence-corrected chi connectivity index (χ4v) is 1.77. The van der Waals surface area contributed by atoms with Gasteiger partial charge in [0.25, 0.3) is 0 Å². The minimum absolute atomic E-state index is 0.155. The van der Waals surface area contributed by atoms with Gasteiger partial charge in [0.2, 0.25) is 0 Å². The molecule has 0 saturated heterocycles. The molecule has 0 bridgehead atoms. The number of methoxy groups -OCH3 is 1. The number of hydrogen-bond donors (Lipinski definition) is 1. The van der Waals surface area contributed by atoms with Gasteiger partial charge in [-0.25, -0.2) is 9.59 Å². The molecule has 0 fully saturated rings. The topological polar surface area (TPSA) is 72.8 Å². The summed E-state index contributed by atoms with van der Waals surface area (Å²) in [5.41, 5.74) is 1.97. The Hall–Kier alpha value is -2.82. The summed E-state index contributed by atoms with van der Waals surface area (Å²) in [5, 5.41) is 8.87. The SMILES string of the molecule is COC(=O)COc1cccc(-c2ccc(C(=O)O)cc2)c1. The number of carbonyl (C=O) groups excluding carboxylic acids is 1. The highest BCUT2D eigenvalue weighted by Gasteiger charge is 2.05. The predicted molar refractivity (Wildman–Crippen MR) is 76.3 cm³/mol. The molecule has 5 heteroatoms. The molecule has 1 N–H and O–H groups in total. The average Bonchev–Trinajstić information content (AvgIpc) is 2.53. The van der Waals surface area contributed by atoms with Crippen molar-refractivity contribution < 1.29 is 24.2 Å². The number of rotatable bonds is 5. The van der Waals surface area contributed by atoms with E-state index >= 15 is 0 Å². The van der Waals surface area contributed by atoms with Crippen molar-refractivity contribution in [3.8, 4) is 16.9 Å². The van der Waals surface area contributed by atoms with E-state index in [1.807, 2.05) is 6.07 Å². The molecule has 0 aliphatic rings. The molecule has 2 aromatic carbocycles. The molecule has 0 aliphatic heterocycles. The van der Waals surface area contributed by atoms with E-state index in [4.69, 9.17) is 9.84 Å². The Morgan fingerprint density at radius 2 is 1.76 bits per heavy atom. The molecule has 5 nitrogen and oxygen atoms in total. The third kappa shape index (κ3) is 3.82. The van der Waals surface area contributed by atoms with E-state index in [1.165, 1.54) is 7.11 Å². The van der Waals surface area contributed by atoms with Gasteiger partial charge in [0.15, 0.2) is 6.61 Å². The second-order valence-corrected chi connectivity index (χ2v) is 4.28. The quantitative estimate of drug-likeness (QED) is 0.855. The average molecular weight is 286 g/mol. The van der Waals surface area contributed by atoms with E-state index in [0.29, 0.717) is 5.75 Å². The number of aromatic carboxylic acids is 1. The van der Waals surface area contributed by atoms with Crippen molar-refractivity contribution in [3.05, 3.63) is 54.1 Å². The molecule has 2 aromatic rings. The summed E-state index contributed by atoms with van der Waals surface area (Å²) in [6.45, 7) is -0.155. The lowest BCUT2D eigenvalue weighted by molar-refractivity contribution is -0.142. The van der Waals surface area contributed by atoms with E-state index in [0.717, 1.165) is 11.1 Å². The van der Waals surface area contributed by atoms with Crippen molar-refractivity contribution in [1.29, 1.82) is 0 Å². The summed E-state index contributed by atoms with van der Waals surface area (Å²) in [6.07, 6.45) is 0. The summed E-state index contributed by atoms with van der Waals surface area (Å²) in [6, 6.07) is 13.7. The molecular formula is C16H14O5. The van der Waals surface area contributed by atoms with Crippen molar-refractivity contribution in [2.45, 2.75) is 0 Å². The summed E-state index contributed by atoms with van der Waals surface area (Å²) in [5.74, 6) is -0.872. The Morgan fingerprint density at radius 3 is 2.38 bits per heavy atom. The fourth-order valence-electron chi connectivity index (χ4n) is 1.77. The first-order valence-corrected chi connectivity index (χ1v) is 6.23. The molecule has 2 rings (SSSR count). The third-order valence-corrected chi connectivity index (χ3v) is 2.88. The fraction of sp³-hybridized carbons (Fsp3) is 0.125. The minimum atomic E-state index is -0.961. The van der Waals surface area contributed by atoms with E-state index in [1.54, 1.807) is 42.5 Å². The molecule has 0 aromatic heterocycles. The maximum atomic E-state index is 11.0. The zero-order valence-electron chi connectivity index (χ0n) is 11.4. The lowest BCUT2D eigenvalue weighted by Gasteiger charge is -2.07. The van der Waals surface area contributed by atoms with Crippen LogP contribution in [0.2, 0.25) is 0 Å². The van der Waals surface area contributed by atoms with Gasteiger partial charge in [0.05, 0.1) is 12.7 Å². The van der Waals surface area contributed by atoms with E-state index < -0.39 is 11.9 Å². The number of carboxylic acids is 1. The molecule has 0 spiro atoms. The van der Waals surface area contributed by atoms with Gasteiger partial charge in [-0.1, -0.05) is 24.3 Å². The Bertz CT molecular complexity index is 646. The molecule has 0 radical (unpaired) electrons. The highest BCUT2D eigenvalue weighted by molar-refractivity contribution is 5.88. The summed E-state index contributed by atoms with van der Waals surface area (Å²) >= 11 is 0. The van der Waals surface area contributed by atoms with Crippen LogP contribution in [0.5, 0.6) is 5.75 Å². The zero-order valence-corrected chi connectivity index (χ0v) is 11.4. The van der Waals surface area contributed by atoms with Gasteiger partial charge in [-0.15, -0.1) is 0 Å². The first kappa shape index (κ1) is 14.6. The Kier molecular flexibility index (Phi) is 4.56. The van der Waals surface area contributed by atoms with Gasteiger partial charge >= 0.3 is 11.9 Å². The van der Waals surface area contributed by atoms with Crippen LogP contribution in [0.1, 0.15) is 10.4 Å². The Labute approximate surface area is 121 Å². The molecule has 0 unspecified atom stereocenters. The molecule has 108 valence electrons. The number of benzene rings is 2.